The minimum absolute atomic E-state index is 0.0680. The summed E-state index contributed by atoms with van der Waals surface area (Å²) >= 11 is 5.93. The van der Waals surface area contributed by atoms with Gasteiger partial charge in [-0.2, -0.15) is 0 Å². The number of nitrogens with one attached hydrogen (secondary N) is 1. The van der Waals surface area contributed by atoms with Gasteiger partial charge in [-0.15, -0.1) is 0 Å². The number of benzene rings is 2. The number of hydrogen-bond acceptors (Lipinski definition) is 3. The summed E-state index contributed by atoms with van der Waals surface area (Å²) < 4.78 is 32.5. The normalized spacial score (nSPS) is 13.7. The summed E-state index contributed by atoms with van der Waals surface area (Å²) in [5.41, 5.74) is 1.51. The number of hydrogen-bond donors (Lipinski definition) is 1. The van der Waals surface area contributed by atoms with Crippen molar-refractivity contribution in [2.45, 2.75) is 11.3 Å². The highest BCUT2D eigenvalue weighted by Gasteiger charge is 2.19. The van der Waals surface area contributed by atoms with Gasteiger partial charge in [-0.25, -0.2) is 8.42 Å². The molecule has 1 aliphatic heterocycles. The van der Waals surface area contributed by atoms with Crippen molar-refractivity contribution in [3.8, 4) is 5.75 Å². The van der Waals surface area contributed by atoms with E-state index in [-0.39, 0.29) is 9.92 Å². The minimum atomic E-state index is -3.68. The Morgan fingerprint density at radius 2 is 1.95 bits per heavy atom. The van der Waals surface area contributed by atoms with Crippen LogP contribution in [-0.4, -0.2) is 15.0 Å². The second-order valence-electron chi connectivity index (χ2n) is 4.46. The predicted octanol–water partition coefficient (Wildman–Crippen LogP) is 3.08. The van der Waals surface area contributed by atoms with Crippen molar-refractivity contribution in [3.63, 3.8) is 0 Å². The maximum Gasteiger partial charge on any atom is 0.263 e. The van der Waals surface area contributed by atoms with Gasteiger partial charge in [0.2, 0.25) is 0 Å². The van der Waals surface area contributed by atoms with Gasteiger partial charge in [-0.1, -0.05) is 23.7 Å². The zero-order chi connectivity index (χ0) is 14.2. The van der Waals surface area contributed by atoms with Crippen LogP contribution in [0, 0.1) is 0 Å². The van der Waals surface area contributed by atoms with Crippen LogP contribution in [0.2, 0.25) is 5.02 Å². The van der Waals surface area contributed by atoms with Gasteiger partial charge in [0.1, 0.15) is 10.6 Å². The smallest absolute Gasteiger partial charge is 0.263 e. The maximum atomic E-state index is 12.3. The van der Waals surface area contributed by atoms with Gasteiger partial charge in [0.05, 0.1) is 11.6 Å². The number of anilines is 1. The Hall–Kier alpha value is -1.72. The molecule has 0 unspecified atom stereocenters. The highest BCUT2D eigenvalue weighted by molar-refractivity contribution is 7.92. The van der Waals surface area contributed by atoms with Crippen LogP contribution in [0.15, 0.2) is 47.4 Å². The van der Waals surface area contributed by atoms with E-state index in [0.717, 1.165) is 17.7 Å². The molecule has 0 fully saturated rings. The lowest BCUT2D eigenvalue weighted by Gasteiger charge is -2.10. The molecule has 2 aromatic rings. The SMILES string of the molecule is O=S(=O)(Nc1ccc2c(c1)CCO2)c1ccccc1Cl. The van der Waals surface area contributed by atoms with Crippen molar-refractivity contribution in [1.82, 2.24) is 0 Å². The van der Waals surface area contributed by atoms with E-state index >= 15 is 0 Å². The number of fused-ring (bicyclic) bond motifs is 1. The summed E-state index contributed by atoms with van der Waals surface area (Å²) in [6.45, 7) is 0.635. The van der Waals surface area contributed by atoms with Crippen molar-refractivity contribution in [2.24, 2.45) is 0 Å². The van der Waals surface area contributed by atoms with Gasteiger partial charge in [0, 0.05) is 12.1 Å². The molecule has 3 rings (SSSR count). The lowest BCUT2D eigenvalue weighted by Crippen LogP contribution is -2.13. The van der Waals surface area contributed by atoms with Gasteiger partial charge in [0.25, 0.3) is 10.0 Å². The Morgan fingerprint density at radius 1 is 1.15 bits per heavy atom. The monoisotopic (exact) mass is 309 g/mol. The van der Waals surface area contributed by atoms with Crippen molar-refractivity contribution in [2.75, 3.05) is 11.3 Å². The molecular formula is C14H12ClNO3S. The quantitative estimate of drug-likeness (QED) is 0.948. The van der Waals surface area contributed by atoms with E-state index in [4.69, 9.17) is 16.3 Å². The first-order chi connectivity index (χ1) is 9.56. The van der Waals surface area contributed by atoms with E-state index in [2.05, 4.69) is 4.72 Å². The molecule has 1 N–H and O–H groups in total. The van der Waals surface area contributed by atoms with Crippen LogP contribution in [0.25, 0.3) is 0 Å². The molecule has 1 aliphatic rings. The Morgan fingerprint density at radius 3 is 2.75 bits per heavy atom. The van der Waals surface area contributed by atoms with Crippen LogP contribution < -0.4 is 9.46 Å². The molecule has 0 atom stereocenters. The van der Waals surface area contributed by atoms with E-state index < -0.39 is 10.0 Å². The van der Waals surface area contributed by atoms with Crippen LogP contribution in [0.5, 0.6) is 5.75 Å². The Labute approximate surface area is 122 Å². The molecule has 0 amide bonds. The van der Waals surface area contributed by atoms with Crippen LogP contribution in [0.4, 0.5) is 5.69 Å². The second kappa shape index (κ2) is 5.00. The molecule has 104 valence electrons. The van der Waals surface area contributed by atoms with E-state index in [1.165, 1.54) is 6.07 Å². The number of sulfonamides is 1. The molecule has 0 aromatic heterocycles. The summed E-state index contributed by atoms with van der Waals surface area (Å²) in [6.07, 6.45) is 0.789. The number of halogens is 1. The van der Waals surface area contributed by atoms with E-state index in [9.17, 15) is 8.42 Å². The lowest BCUT2D eigenvalue weighted by molar-refractivity contribution is 0.357. The molecule has 0 bridgehead atoms. The first kappa shape index (κ1) is 13.3. The summed E-state index contributed by atoms with van der Waals surface area (Å²) in [4.78, 5) is 0.0680. The van der Waals surface area contributed by atoms with Crippen molar-refractivity contribution in [3.05, 3.63) is 53.1 Å². The molecule has 0 radical (unpaired) electrons. The fourth-order valence-electron chi connectivity index (χ4n) is 2.12. The van der Waals surface area contributed by atoms with Gasteiger partial charge in [0.15, 0.2) is 0 Å². The highest BCUT2D eigenvalue weighted by atomic mass is 35.5. The maximum absolute atomic E-state index is 12.3. The van der Waals surface area contributed by atoms with Gasteiger partial charge < -0.3 is 4.74 Å². The average Bonchev–Trinajstić information content (AvgIpc) is 2.86. The Kier molecular flexibility index (Phi) is 3.31. The van der Waals surface area contributed by atoms with Crippen LogP contribution >= 0.6 is 11.6 Å². The molecule has 0 aliphatic carbocycles. The molecule has 1 heterocycles. The molecule has 6 heteroatoms. The van der Waals surface area contributed by atoms with Crippen molar-refractivity contribution >= 4 is 27.3 Å². The number of ether oxygens (including phenoxy) is 1. The van der Waals surface area contributed by atoms with Crippen molar-refractivity contribution in [1.29, 1.82) is 0 Å². The lowest BCUT2D eigenvalue weighted by atomic mass is 10.1. The van der Waals surface area contributed by atoms with Gasteiger partial charge in [-0.05, 0) is 35.9 Å². The zero-order valence-corrected chi connectivity index (χ0v) is 12.0. The largest absolute Gasteiger partial charge is 0.493 e. The third kappa shape index (κ3) is 2.46. The molecule has 0 saturated heterocycles. The Balaban J connectivity index is 1.93. The topological polar surface area (TPSA) is 55.4 Å². The summed E-state index contributed by atoms with van der Waals surface area (Å²) in [6, 6.07) is 11.6. The van der Waals surface area contributed by atoms with Crippen LogP contribution in [0.1, 0.15) is 5.56 Å². The van der Waals surface area contributed by atoms with Crippen LogP contribution in [0.3, 0.4) is 0 Å². The fraction of sp³-hybridized carbons (Fsp3) is 0.143. The fourth-order valence-corrected chi connectivity index (χ4v) is 3.69. The third-order valence-electron chi connectivity index (χ3n) is 3.07. The molecule has 20 heavy (non-hydrogen) atoms. The molecule has 0 saturated carbocycles. The summed E-state index contributed by atoms with van der Waals surface area (Å²) in [5, 5.41) is 0.199. The first-order valence-corrected chi connectivity index (χ1v) is 7.95. The van der Waals surface area contributed by atoms with E-state index in [1.807, 2.05) is 0 Å². The molecular weight excluding hydrogens is 298 g/mol. The third-order valence-corrected chi connectivity index (χ3v) is 4.95. The van der Waals surface area contributed by atoms with Gasteiger partial charge >= 0.3 is 0 Å². The predicted molar refractivity (Wildman–Crippen MR) is 77.9 cm³/mol. The zero-order valence-electron chi connectivity index (χ0n) is 10.5. The van der Waals surface area contributed by atoms with E-state index in [1.54, 1.807) is 36.4 Å². The second-order valence-corrected chi connectivity index (χ2v) is 6.51. The minimum Gasteiger partial charge on any atom is -0.493 e. The molecule has 4 nitrogen and oxygen atoms in total. The standard InChI is InChI=1S/C14H12ClNO3S/c15-12-3-1-2-4-14(12)20(17,18)16-11-5-6-13-10(9-11)7-8-19-13/h1-6,9,16H,7-8H2. The number of rotatable bonds is 3. The average molecular weight is 310 g/mol. The van der Waals surface area contributed by atoms with Crippen LogP contribution in [-0.2, 0) is 16.4 Å². The summed E-state index contributed by atoms with van der Waals surface area (Å²) in [7, 11) is -3.68. The van der Waals surface area contributed by atoms with E-state index in [0.29, 0.717) is 12.3 Å². The highest BCUT2D eigenvalue weighted by Crippen LogP contribution is 2.29. The molecule has 0 spiro atoms. The Bertz CT molecular complexity index is 759. The summed E-state index contributed by atoms with van der Waals surface area (Å²) in [5.74, 6) is 0.811. The molecule has 2 aromatic carbocycles. The first-order valence-electron chi connectivity index (χ1n) is 6.09. The van der Waals surface area contributed by atoms with Gasteiger partial charge in [-0.3, -0.25) is 4.72 Å². The van der Waals surface area contributed by atoms with Crippen molar-refractivity contribution < 1.29 is 13.2 Å².